The lowest BCUT2D eigenvalue weighted by Crippen LogP contribution is -2.29. The molecule has 1 heterocycles. The second-order valence-corrected chi connectivity index (χ2v) is 2.72. The van der Waals surface area contributed by atoms with Gasteiger partial charge in [-0.2, -0.15) is 0 Å². The number of carbonyl (C=O) groups excluding carboxylic acids is 1. The maximum Gasteiger partial charge on any atom is 0.244 e. The number of allylic oxidation sites excluding steroid dienone is 1. The molecule has 0 aromatic carbocycles. The molecule has 0 saturated carbocycles. The number of aromatic nitrogens is 2. The van der Waals surface area contributed by atoms with E-state index in [1.165, 1.54) is 0 Å². The fourth-order valence-electron chi connectivity index (χ4n) is 0.883. The van der Waals surface area contributed by atoms with Crippen molar-refractivity contribution in [1.29, 1.82) is 0 Å². The van der Waals surface area contributed by atoms with Gasteiger partial charge < -0.3 is 9.90 Å². The molecule has 0 aliphatic heterocycles. The summed E-state index contributed by atoms with van der Waals surface area (Å²) in [5.41, 5.74) is 0. The molecule has 0 radical (unpaired) electrons. The fourth-order valence-corrected chi connectivity index (χ4v) is 0.883. The summed E-state index contributed by atoms with van der Waals surface area (Å²) in [5, 5.41) is 8.89. The molecule has 0 N–H and O–H groups in total. The van der Waals surface area contributed by atoms with Crippen molar-refractivity contribution in [3.05, 3.63) is 31.4 Å². The van der Waals surface area contributed by atoms with E-state index in [2.05, 4.69) is 35.2 Å². The van der Waals surface area contributed by atoms with Gasteiger partial charge >= 0.3 is 0 Å². The Balaban J connectivity index is 0.000000364. The van der Waals surface area contributed by atoms with E-state index < -0.39 is 5.97 Å². The van der Waals surface area contributed by atoms with Crippen LogP contribution in [0.4, 0.5) is 0 Å². The van der Waals surface area contributed by atoms with Crippen LogP contribution in [0.1, 0.15) is 13.8 Å². The molecule has 1 rings (SSSR count). The summed E-state index contributed by atoms with van der Waals surface area (Å²) < 4.78 is 4.22. The monoisotopic (exact) mass is 196 g/mol. The van der Waals surface area contributed by atoms with Crippen LogP contribution in [0.2, 0.25) is 0 Å². The lowest BCUT2D eigenvalue weighted by atomic mass is 10.6. The Morgan fingerprint density at radius 3 is 2.64 bits per heavy atom. The lowest BCUT2D eigenvalue weighted by molar-refractivity contribution is -0.686. The third-order valence-electron chi connectivity index (χ3n) is 1.45. The van der Waals surface area contributed by atoms with Gasteiger partial charge in [-0.15, -0.1) is 0 Å². The van der Waals surface area contributed by atoms with Crippen molar-refractivity contribution in [3.63, 3.8) is 0 Å². The molecule has 0 fully saturated rings. The highest BCUT2D eigenvalue weighted by Crippen LogP contribution is 1.82. The van der Waals surface area contributed by atoms with Crippen LogP contribution in [0, 0.1) is 0 Å². The highest BCUT2D eigenvalue weighted by molar-refractivity contribution is 5.60. The van der Waals surface area contributed by atoms with Crippen molar-refractivity contribution in [1.82, 2.24) is 4.57 Å². The van der Waals surface area contributed by atoms with Gasteiger partial charge in [-0.3, -0.25) is 0 Å². The minimum Gasteiger partial charge on any atom is -0.550 e. The number of carbonyl (C=O) groups is 1. The number of rotatable bonds is 3. The Labute approximate surface area is 84.1 Å². The van der Waals surface area contributed by atoms with Crippen LogP contribution in [0.15, 0.2) is 31.4 Å². The molecule has 4 nitrogen and oxygen atoms in total. The summed E-state index contributed by atoms with van der Waals surface area (Å²) in [6.45, 7) is 8.68. The zero-order valence-electron chi connectivity index (χ0n) is 8.64. The number of imidazole rings is 1. The Morgan fingerprint density at radius 1 is 1.71 bits per heavy atom. The number of hydrogen-bond acceptors (Lipinski definition) is 2. The van der Waals surface area contributed by atoms with Crippen molar-refractivity contribution >= 4 is 5.97 Å². The summed E-state index contributed by atoms with van der Waals surface area (Å²) >= 11 is 0. The van der Waals surface area contributed by atoms with E-state index in [1.54, 1.807) is 0 Å². The summed E-state index contributed by atoms with van der Waals surface area (Å²) in [6, 6.07) is 0. The van der Waals surface area contributed by atoms with E-state index >= 15 is 0 Å². The minimum absolute atomic E-state index is 0.896. The molecule has 1 aromatic rings. The molecule has 1 aromatic heterocycles. The average Bonchev–Trinajstić information content (AvgIpc) is 2.52. The zero-order valence-corrected chi connectivity index (χ0v) is 8.64. The number of aryl methyl sites for hydroxylation is 1. The van der Waals surface area contributed by atoms with E-state index in [4.69, 9.17) is 9.90 Å². The van der Waals surface area contributed by atoms with Crippen LogP contribution in [0.3, 0.4) is 0 Å². The van der Waals surface area contributed by atoms with Crippen LogP contribution in [0.25, 0.3) is 0 Å². The minimum atomic E-state index is -1.08. The molecule has 0 bridgehead atoms. The molecule has 0 saturated heterocycles. The predicted octanol–water partition coefficient (Wildman–Crippen LogP) is -0.262. The summed E-state index contributed by atoms with van der Waals surface area (Å²) in [4.78, 5) is 8.89. The highest BCUT2D eigenvalue weighted by Gasteiger charge is 1.96. The van der Waals surface area contributed by atoms with Gasteiger partial charge in [0, 0.05) is 5.97 Å². The van der Waals surface area contributed by atoms with Gasteiger partial charge in [-0.1, -0.05) is 12.7 Å². The largest absolute Gasteiger partial charge is 0.550 e. The predicted molar refractivity (Wildman–Crippen MR) is 51.2 cm³/mol. The van der Waals surface area contributed by atoms with Crippen molar-refractivity contribution in [2.45, 2.75) is 26.9 Å². The quantitative estimate of drug-likeness (QED) is 0.494. The molecule has 0 aliphatic rings. The average molecular weight is 196 g/mol. The smallest absolute Gasteiger partial charge is 0.244 e. The van der Waals surface area contributed by atoms with Crippen LogP contribution in [-0.4, -0.2) is 10.5 Å². The van der Waals surface area contributed by atoms with Crippen molar-refractivity contribution < 1.29 is 14.5 Å². The molecule has 78 valence electrons. The number of hydrogen-bond donors (Lipinski definition) is 0. The first kappa shape index (κ1) is 12.4. The first-order chi connectivity index (χ1) is 6.60. The van der Waals surface area contributed by atoms with Crippen molar-refractivity contribution in [3.8, 4) is 0 Å². The summed E-state index contributed by atoms with van der Waals surface area (Å²) in [6.07, 6.45) is 8.07. The molecule has 0 aliphatic carbocycles. The molecule has 14 heavy (non-hydrogen) atoms. The van der Waals surface area contributed by atoms with Gasteiger partial charge in [0.2, 0.25) is 6.33 Å². The topological polar surface area (TPSA) is 48.9 Å². The Bertz CT molecular complexity index is 288. The molecular weight excluding hydrogens is 180 g/mol. The van der Waals surface area contributed by atoms with E-state index in [0.717, 1.165) is 20.0 Å². The van der Waals surface area contributed by atoms with Crippen molar-refractivity contribution in [2.24, 2.45) is 0 Å². The Morgan fingerprint density at radius 2 is 2.29 bits per heavy atom. The number of aliphatic carboxylic acids is 1. The van der Waals surface area contributed by atoms with Crippen LogP contribution in [0.5, 0.6) is 0 Å². The molecule has 4 heteroatoms. The Hall–Kier alpha value is -1.58. The number of carboxylic acids is 1. The van der Waals surface area contributed by atoms with Gasteiger partial charge in [0.25, 0.3) is 0 Å². The Kier molecular flexibility index (Phi) is 6.11. The van der Waals surface area contributed by atoms with E-state index in [-0.39, 0.29) is 0 Å². The van der Waals surface area contributed by atoms with Gasteiger partial charge in [-0.25, -0.2) is 9.13 Å². The highest BCUT2D eigenvalue weighted by atomic mass is 16.4. The van der Waals surface area contributed by atoms with Crippen LogP contribution in [-0.2, 0) is 17.9 Å². The first-order valence-electron chi connectivity index (χ1n) is 4.43. The standard InChI is InChI=1S/C8H13N2.C2H4O2/c1-3-5-10-7-6-9(4-2)8-10;1-2(3)4/h3,6-8H,1,4-5H2,2H3;1H3,(H,3,4)/q+1;/p-1. The molecule has 0 spiro atoms. The van der Waals surface area contributed by atoms with Gasteiger partial charge in [0.05, 0.1) is 6.54 Å². The summed E-state index contributed by atoms with van der Waals surface area (Å²) in [7, 11) is 0. The molecule has 0 unspecified atom stereocenters. The second-order valence-electron chi connectivity index (χ2n) is 2.72. The second kappa shape index (κ2) is 6.88. The maximum atomic E-state index is 8.89. The zero-order chi connectivity index (χ0) is 11.0. The maximum absolute atomic E-state index is 8.89. The van der Waals surface area contributed by atoms with Crippen molar-refractivity contribution in [2.75, 3.05) is 0 Å². The van der Waals surface area contributed by atoms with Crippen LogP contribution < -0.4 is 9.67 Å². The molecular formula is C10H16N2O2. The molecule has 0 amide bonds. The summed E-state index contributed by atoms with van der Waals surface area (Å²) in [5.74, 6) is -1.08. The SMILES string of the molecule is C=CC[n+]1ccn(CC)c1.CC(=O)[O-]. The first-order valence-corrected chi connectivity index (χ1v) is 4.43. The lowest BCUT2D eigenvalue weighted by Gasteiger charge is -1.85. The van der Waals surface area contributed by atoms with Gasteiger partial charge in [0.15, 0.2) is 0 Å². The van der Waals surface area contributed by atoms with Gasteiger partial charge in [0.1, 0.15) is 18.9 Å². The molecule has 0 atom stereocenters. The number of carboxylic acid groups (broad SMARTS) is 1. The van der Waals surface area contributed by atoms with Gasteiger partial charge in [-0.05, 0) is 13.8 Å². The van der Waals surface area contributed by atoms with E-state index in [0.29, 0.717) is 0 Å². The third-order valence-corrected chi connectivity index (χ3v) is 1.45. The van der Waals surface area contributed by atoms with E-state index in [9.17, 15) is 0 Å². The van der Waals surface area contributed by atoms with E-state index in [1.807, 2.05) is 12.3 Å². The number of nitrogens with zero attached hydrogens (tertiary/aromatic N) is 2. The van der Waals surface area contributed by atoms with Crippen LogP contribution >= 0.6 is 0 Å². The fraction of sp³-hybridized carbons (Fsp3) is 0.400. The third kappa shape index (κ3) is 5.99. The normalized spacial score (nSPS) is 8.71.